The van der Waals surface area contributed by atoms with Crippen molar-refractivity contribution in [2.75, 3.05) is 39.3 Å². The first-order chi connectivity index (χ1) is 11.7. The van der Waals surface area contributed by atoms with E-state index < -0.39 is 0 Å². The lowest BCUT2D eigenvalue weighted by molar-refractivity contribution is 0.0746. The molecule has 2 aliphatic rings. The summed E-state index contributed by atoms with van der Waals surface area (Å²) in [4.78, 5) is 16.6. The summed E-state index contributed by atoms with van der Waals surface area (Å²) in [5.41, 5.74) is 0.515. The molecule has 1 atom stereocenters. The van der Waals surface area contributed by atoms with Gasteiger partial charge < -0.3 is 15.0 Å². The number of benzene rings is 1. The minimum Gasteiger partial charge on any atom is -0.377 e. The molecule has 0 aliphatic carbocycles. The molecule has 1 N–H and O–H groups in total. The van der Waals surface area contributed by atoms with E-state index in [9.17, 15) is 9.18 Å². The van der Waals surface area contributed by atoms with Crippen molar-refractivity contribution in [2.45, 2.75) is 31.9 Å². The van der Waals surface area contributed by atoms with Crippen molar-refractivity contribution in [1.29, 1.82) is 0 Å². The van der Waals surface area contributed by atoms with Crippen LogP contribution in [-0.4, -0.2) is 61.3 Å². The number of amides is 2. The molecule has 0 unspecified atom stereocenters. The van der Waals surface area contributed by atoms with E-state index in [1.54, 1.807) is 18.2 Å². The van der Waals surface area contributed by atoms with Gasteiger partial charge in [0.15, 0.2) is 0 Å². The molecule has 3 rings (SSSR count). The van der Waals surface area contributed by atoms with Gasteiger partial charge in [-0.05, 0) is 31.9 Å². The summed E-state index contributed by atoms with van der Waals surface area (Å²) in [6.45, 7) is 5.38. The van der Waals surface area contributed by atoms with Crippen LogP contribution in [0.5, 0.6) is 0 Å². The van der Waals surface area contributed by atoms with Crippen LogP contribution in [0.3, 0.4) is 0 Å². The van der Waals surface area contributed by atoms with Crippen LogP contribution in [0.2, 0.25) is 0 Å². The third kappa shape index (κ3) is 4.68. The highest BCUT2D eigenvalue weighted by molar-refractivity contribution is 5.74. The Kier molecular flexibility index (Phi) is 6.04. The Labute approximate surface area is 142 Å². The van der Waals surface area contributed by atoms with E-state index in [4.69, 9.17) is 4.74 Å². The quantitative estimate of drug-likeness (QED) is 0.918. The molecule has 2 aliphatic heterocycles. The molecule has 0 bridgehead atoms. The molecule has 132 valence electrons. The van der Waals surface area contributed by atoms with Crippen molar-refractivity contribution in [3.63, 3.8) is 0 Å². The Morgan fingerprint density at radius 2 is 2.08 bits per heavy atom. The first kappa shape index (κ1) is 17.2. The molecule has 1 aromatic rings. The maximum absolute atomic E-state index is 13.6. The second-order valence-electron chi connectivity index (χ2n) is 6.53. The minimum absolute atomic E-state index is 0.114. The van der Waals surface area contributed by atoms with Crippen molar-refractivity contribution >= 4 is 6.03 Å². The SMILES string of the molecule is O=C(NCc1ccccc1F)N1CCCN(C[C@@H]2CCCO2)CC1. The summed E-state index contributed by atoms with van der Waals surface area (Å²) >= 11 is 0. The number of halogens is 1. The topological polar surface area (TPSA) is 44.8 Å². The number of rotatable bonds is 4. The Hall–Kier alpha value is -1.66. The van der Waals surface area contributed by atoms with Gasteiger partial charge in [-0.3, -0.25) is 4.90 Å². The van der Waals surface area contributed by atoms with E-state index in [2.05, 4.69) is 10.2 Å². The standard InChI is InChI=1S/C18H26FN3O2/c19-17-7-2-1-5-15(17)13-20-18(23)22-9-4-8-21(10-11-22)14-16-6-3-12-24-16/h1-2,5,7,16H,3-4,6,8-14H2,(H,20,23)/t16-/m0/s1. The zero-order valence-electron chi connectivity index (χ0n) is 14.0. The smallest absolute Gasteiger partial charge is 0.317 e. The Balaban J connectivity index is 1.44. The third-order valence-corrected chi connectivity index (χ3v) is 4.75. The lowest BCUT2D eigenvalue weighted by atomic mass is 10.2. The van der Waals surface area contributed by atoms with Gasteiger partial charge in [-0.2, -0.15) is 0 Å². The average Bonchev–Trinajstić information content (AvgIpc) is 2.98. The second kappa shape index (κ2) is 8.44. The Morgan fingerprint density at radius 3 is 2.88 bits per heavy atom. The normalized spacial score (nSPS) is 22.4. The lowest BCUT2D eigenvalue weighted by Gasteiger charge is -2.24. The van der Waals surface area contributed by atoms with Crippen LogP contribution in [-0.2, 0) is 11.3 Å². The average molecular weight is 335 g/mol. The highest BCUT2D eigenvalue weighted by Crippen LogP contribution is 2.14. The van der Waals surface area contributed by atoms with Crippen LogP contribution in [0.15, 0.2) is 24.3 Å². The zero-order valence-corrected chi connectivity index (χ0v) is 14.0. The van der Waals surface area contributed by atoms with Crippen molar-refractivity contribution < 1.29 is 13.9 Å². The molecule has 1 aromatic carbocycles. The number of nitrogens with one attached hydrogen (secondary N) is 1. The molecular weight excluding hydrogens is 309 g/mol. The maximum Gasteiger partial charge on any atom is 0.317 e. The molecule has 6 heteroatoms. The largest absolute Gasteiger partial charge is 0.377 e. The van der Waals surface area contributed by atoms with Crippen molar-refractivity contribution in [1.82, 2.24) is 15.1 Å². The number of hydrogen-bond donors (Lipinski definition) is 1. The summed E-state index contributed by atoms with van der Waals surface area (Å²) < 4.78 is 19.3. The van der Waals surface area contributed by atoms with Crippen LogP contribution in [0, 0.1) is 5.82 Å². The van der Waals surface area contributed by atoms with Crippen LogP contribution < -0.4 is 5.32 Å². The van der Waals surface area contributed by atoms with Crippen molar-refractivity contribution in [3.05, 3.63) is 35.6 Å². The summed E-state index contributed by atoms with van der Waals surface area (Å²) in [5.74, 6) is -0.281. The van der Waals surface area contributed by atoms with E-state index in [-0.39, 0.29) is 18.4 Å². The number of nitrogens with zero attached hydrogens (tertiary/aromatic N) is 2. The molecule has 2 amide bonds. The summed E-state index contributed by atoms with van der Waals surface area (Å²) in [6, 6.07) is 6.42. The first-order valence-corrected chi connectivity index (χ1v) is 8.82. The molecule has 24 heavy (non-hydrogen) atoms. The monoisotopic (exact) mass is 335 g/mol. The Morgan fingerprint density at radius 1 is 1.21 bits per heavy atom. The molecular formula is C18H26FN3O2. The van der Waals surface area contributed by atoms with Crippen LogP contribution in [0.25, 0.3) is 0 Å². The van der Waals surface area contributed by atoms with Crippen molar-refractivity contribution in [3.8, 4) is 0 Å². The predicted octanol–water partition coefficient (Wildman–Crippen LogP) is 2.22. The van der Waals surface area contributed by atoms with Gasteiger partial charge in [0.1, 0.15) is 5.82 Å². The highest BCUT2D eigenvalue weighted by atomic mass is 19.1. The van der Waals surface area contributed by atoms with Gasteiger partial charge in [0.05, 0.1) is 6.10 Å². The van der Waals surface area contributed by atoms with Gasteiger partial charge in [0, 0.05) is 44.9 Å². The highest BCUT2D eigenvalue weighted by Gasteiger charge is 2.23. The predicted molar refractivity (Wildman–Crippen MR) is 90.2 cm³/mol. The van der Waals surface area contributed by atoms with E-state index >= 15 is 0 Å². The molecule has 0 saturated carbocycles. The van der Waals surface area contributed by atoms with Crippen LogP contribution in [0.4, 0.5) is 9.18 Å². The number of carbonyl (C=O) groups excluding carboxylic acids is 1. The third-order valence-electron chi connectivity index (χ3n) is 4.75. The fourth-order valence-corrected chi connectivity index (χ4v) is 3.36. The summed E-state index contributed by atoms with van der Waals surface area (Å²) in [6.07, 6.45) is 3.61. The minimum atomic E-state index is -0.281. The number of ether oxygens (including phenoxy) is 1. The molecule has 2 heterocycles. The number of urea groups is 1. The van der Waals surface area contributed by atoms with E-state index in [1.165, 1.54) is 6.07 Å². The summed E-state index contributed by atoms with van der Waals surface area (Å²) in [7, 11) is 0. The van der Waals surface area contributed by atoms with E-state index in [1.807, 2.05) is 4.90 Å². The molecule has 0 radical (unpaired) electrons. The van der Waals surface area contributed by atoms with Crippen molar-refractivity contribution in [2.24, 2.45) is 0 Å². The van der Waals surface area contributed by atoms with Crippen LogP contribution in [0.1, 0.15) is 24.8 Å². The maximum atomic E-state index is 13.6. The van der Waals surface area contributed by atoms with Crippen LogP contribution >= 0.6 is 0 Å². The second-order valence-corrected chi connectivity index (χ2v) is 6.53. The van der Waals surface area contributed by atoms with Gasteiger partial charge in [0.2, 0.25) is 0 Å². The molecule has 2 fully saturated rings. The van der Waals surface area contributed by atoms with E-state index in [0.29, 0.717) is 18.2 Å². The zero-order chi connectivity index (χ0) is 16.8. The fourth-order valence-electron chi connectivity index (χ4n) is 3.36. The number of hydrogen-bond acceptors (Lipinski definition) is 3. The summed E-state index contributed by atoms with van der Waals surface area (Å²) in [5, 5.41) is 2.83. The van der Waals surface area contributed by atoms with Gasteiger partial charge >= 0.3 is 6.03 Å². The van der Waals surface area contributed by atoms with Gasteiger partial charge in [-0.25, -0.2) is 9.18 Å². The fraction of sp³-hybridized carbons (Fsp3) is 0.611. The van der Waals surface area contributed by atoms with Gasteiger partial charge in [0.25, 0.3) is 0 Å². The molecule has 2 saturated heterocycles. The molecule has 0 aromatic heterocycles. The first-order valence-electron chi connectivity index (χ1n) is 8.82. The van der Waals surface area contributed by atoms with Gasteiger partial charge in [-0.15, -0.1) is 0 Å². The van der Waals surface area contributed by atoms with E-state index in [0.717, 1.165) is 52.0 Å². The Bertz CT molecular complexity index is 549. The molecule has 5 nitrogen and oxygen atoms in total. The lowest BCUT2D eigenvalue weighted by Crippen LogP contribution is -2.42. The number of carbonyl (C=O) groups is 1. The molecule has 0 spiro atoms. The van der Waals surface area contributed by atoms with Gasteiger partial charge in [-0.1, -0.05) is 18.2 Å².